The zero-order valence-electron chi connectivity index (χ0n) is 19.3. The molecule has 156 valence electrons. The molecule has 0 aromatic heterocycles. The van der Waals surface area contributed by atoms with Crippen LogP contribution in [0.25, 0.3) is 0 Å². The van der Waals surface area contributed by atoms with E-state index in [9.17, 15) is 0 Å². The molecule has 30 heavy (non-hydrogen) atoms. The van der Waals surface area contributed by atoms with Gasteiger partial charge in [0.25, 0.3) is 0 Å². The Bertz CT molecular complexity index is 922. The molecule has 0 nitrogen and oxygen atoms in total. The van der Waals surface area contributed by atoms with E-state index in [-0.39, 0.29) is 0 Å². The second kappa shape index (κ2) is 7.88. The van der Waals surface area contributed by atoms with E-state index in [0.717, 1.165) is 0 Å². The van der Waals surface area contributed by atoms with Gasteiger partial charge in [-0.15, -0.1) is 0 Å². The van der Waals surface area contributed by atoms with E-state index in [1.165, 1.54) is 84.7 Å². The number of allylic oxidation sites excluding steroid dienone is 4. The van der Waals surface area contributed by atoms with Crippen molar-refractivity contribution >= 4 is 0 Å². The maximum absolute atomic E-state index is 2.47. The summed E-state index contributed by atoms with van der Waals surface area (Å²) in [6.07, 6.45) is 10.8. The topological polar surface area (TPSA) is 0 Å². The van der Waals surface area contributed by atoms with E-state index in [0.29, 0.717) is 11.8 Å². The van der Waals surface area contributed by atoms with Gasteiger partial charge in [-0.1, -0.05) is 69.8 Å². The molecule has 0 saturated heterocycles. The normalized spacial score (nSPS) is 19.5. The van der Waals surface area contributed by atoms with Crippen molar-refractivity contribution in [3.05, 3.63) is 92.1 Å². The quantitative estimate of drug-likeness (QED) is 0.488. The van der Waals surface area contributed by atoms with Gasteiger partial charge in [-0.25, -0.2) is 0 Å². The minimum atomic E-state index is 0.455. The molecule has 0 spiro atoms. The maximum atomic E-state index is 2.47. The Hall–Kier alpha value is -2.08. The number of rotatable bonds is 3. The molecule has 3 aliphatic carbocycles. The Morgan fingerprint density at radius 3 is 1.30 bits per heavy atom. The number of hydrogen-bond acceptors (Lipinski definition) is 0. The molecule has 0 bridgehead atoms. The van der Waals surface area contributed by atoms with E-state index in [1.807, 2.05) is 11.1 Å². The lowest BCUT2D eigenvalue weighted by molar-refractivity contribution is 0.538. The maximum Gasteiger partial charge on any atom is 0.0193 e. The van der Waals surface area contributed by atoms with Crippen LogP contribution < -0.4 is 0 Å². The van der Waals surface area contributed by atoms with Crippen molar-refractivity contribution in [1.82, 2.24) is 0 Å². The van der Waals surface area contributed by atoms with Crippen LogP contribution in [-0.2, 0) is 0 Å². The molecule has 0 saturated carbocycles. The van der Waals surface area contributed by atoms with Crippen LogP contribution in [0, 0.1) is 33.6 Å². The Balaban J connectivity index is 1.73. The first-order chi connectivity index (χ1) is 14.5. The predicted octanol–water partition coefficient (Wildman–Crippen LogP) is 8.42. The molecule has 3 aliphatic rings. The average molecular weight is 397 g/mol. The standard InChI is InChI=1S/C30H36/c1-19-13-20(2)16-23(15-19)29(24-17-21(3)14-22(4)18-24)30-27-11-7-5-9-25(27)26-10-6-8-12-28(26)30/h13-18,29-30H,5-12H2,1-4H3. The van der Waals surface area contributed by atoms with E-state index in [1.54, 1.807) is 11.1 Å². The molecule has 5 rings (SSSR count). The molecule has 0 amide bonds. The van der Waals surface area contributed by atoms with Gasteiger partial charge in [0.05, 0.1) is 0 Å². The molecule has 0 N–H and O–H groups in total. The van der Waals surface area contributed by atoms with Gasteiger partial charge in [-0.2, -0.15) is 0 Å². The summed E-state index contributed by atoms with van der Waals surface area (Å²) in [4.78, 5) is 0. The van der Waals surface area contributed by atoms with Gasteiger partial charge >= 0.3 is 0 Å². The highest BCUT2D eigenvalue weighted by atomic mass is 14.4. The lowest BCUT2D eigenvalue weighted by Gasteiger charge is -2.33. The summed E-state index contributed by atoms with van der Waals surface area (Å²) in [6, 6.07) is 14.5. The molecule has 2 aromatic carbocycles. The second-order valence-electron chi connectivity index (χ2n) is 10.2. The first-order valence-electron chi connectivity index (χ1n) is 12.1. The lowest BCUT2D eigenvalue weighted by Crippen LogP contribution is -2.20. The summed E-state index contributed by atoms with van der Waals surface area (Å²) in [7, 11) is 0. The summed E-state index contributed by atoms with van der Waals surface area (Å²) in [5.41, 5.74) is 15.9. The van der Waals surface area contributed by atoms with Gasteiger partial charge in [0, 0.05) is 11.8 Å². The second-order valence-corrected chi connectivity index (χ2v) is 10.2. The molecular weight excluding hydrogens is 360 g/mol. The van der Waals surface area contributed by atoms with Crippen LogP contribution in [0.1, 0.15) is 90.7 Å². The van der Waals surface area contributed by atoms with Gasteiger partial charge in [0.2, 0.25) is 0 Å². The zero-order chi connectivity index (χ0) is 20.8. The van der Waals surface area contributed by atoms with Crippen molar-refractivity contribution < 1.29 is 0 Å². The summed E-state index contributed by atoms with van der Waals surface area (Å²) >= 11 is 0. The lowest BCUT2D eigenvalue weighted by atomic mass is 9.71. The van der Waals surface area contributed by atoms with Gasteiger partial charge in [0.15, 0.2) is 0 Å². The van der Waals surface area contributed by atoms with Gasteiger partial charge in [-0.3, -0.25) is 0 Å². The monoisotopic (exact) mass is 396 g/mol. The van der Waals surface area contributed by atoms with Gasteiger partial charge in [-0.05, 0) is 101 Å². The fraction of sp³-hybridized carbons (Fsp3) is 0.467. The van der Waals surface area contributed by atoms with Gasteiger partial charge < -0.3 is 0 Å². The van der Waals surface area contributed by atoms with Crippen LogP contribution in [0.5, 0.6) is 0 Å². The third kappa shape index (κ3) is 3.49. The molecule has 0 heteroatoms. The molecular formula is C30H36. The van der Waals surface area contributed by atoms with E-state index < -0.39 is 0 Å². The minimum Gasteiger partial charge on any atom is -0.0586 e. The van der Waals surface area contributed by atoms with E-state index >= 15 is 0 Å². The Kier molecular flexibility index (Phi) is 5.21. The zero-order valence-corrected chi connectivity index (χ0v) is 19.3. The Morgan fingerprint density at radius 2 is 0.900 bits per heavy atom. The predicted molar refractivity (Wildman–Crippen MR) is 128 cm³/mol. The summed E-state index contributed by atoms with van der Waals surface area (Å²) in [6.45, 7) is 9.06. The molecule has 2 aromatic rings. The van der Waals surface area contributed by atoms with Crippen LogP contribution in [0.15, 0.2) is 58.7 Å². The van der Waals surface area contributed by atoms with Crippen molar-refractivity contribution in [2.45, 2.75) is 85.0 Å². The highest BCUT2D eigenvalue weighted by Crippen LogP contribution is 2.55. The van der Waals surface area contributed by atoms with Crippen molar-refractivity contribution in [1.29, 1.82) is 0 Å². The van der Waals surface area contributed by atoms with Crippen LogP contribution in [-0.4, -0.2) is 0 Å². The fourth-order valence-corrected chi connectivity index (χ4v) is 6.80. The van der Waals surface area contributed by atoms with Crippen LogP contribution in [0.3, 0.4) is 0 Å². The van der Waals surface area contributed by atoms with Crippen LogP contribution in [0.2, 0.25) is 0 Å². The SMILES string of the molecule is Cc1cc(C)cc(C(c2cc(C)cc(C)c2)C2C3=C(CCCC3)C3=C2CCCC3)c1. The Labute approximate surface area is 183 Å². The molecule has 0 atom stereocenters. The summed E-state index contributed by atoms with van der Waals surface area (Å²) in [5, 5.41) is 0. The van der Waals surface area contributed by atoms with Gasteiger partial charge in [0.1, 0.15) is 0 Å². The number of fused-ring (bicyclic) bond motifs is 1. The molecule has 0 aliphatic heterocycles. The third-order valence-electron chi connectivity index (χ3n) is 7.68. The van der Waals surface area contributed by atoms with E-state index in [4.69, 9.17) is 0 Å². The molecule has 0 radical (unpaired) electrons. The Morgan fingerprint density at radius 1 is 0.533 bits per heavy atom. The fourth-order valence-electron chi connectivity index (χ4n) is 6.80. The van der Waals surface area contributed by atoms with Crippen LogP contribution >= 0.6 is 0 Å². The number of aryl methyl sites for hydroxylation is 4. The average Bonchev–Trinajstić information content (AvgIpc) is 3.02. The van der Waals surface area contributed by atoms with E-state index in [2.05, 4.69) is 64.1 Å². The number of benzene rings is 2. The molecule has 0 unspecified atom stereocenters. The van der Waals surface area contributed by atoms with Crippen LogP contribution in [0.4, 0.5) is 0 Å². The first kappa shape index (κ1) is 19.9. The van der Waals surface area contributed by atoms with Crippen molar-refractivity contribution in [3.8, 4) is 0 Å². The highest BCUT2D eigenvalue weighted by Gasteiger charge is 2.40. The highest BCUT2D eigenvalue weighted by molar-refractivity contribution is 5.56. The molecule has 0 heterocycles. The first-order valence-corrected chi connectivity index (χ1v) is 12.1. The summed E-state index contributed by atoms with van der Waals surface area (Å²) in [5.74, 6) is 1.05. The number of hydrogen-bond donors (Lipinski definition) is 0. The third-order valence-corrected chi connectivity index (χ3v) is 7.68. The summed E-state index contributed by atoms with van der Waals surface area (Å²) < 4.78 is 0. The minimum absolute atomic E-state index is 0.455. The largest absolute Gasteiger partial charge is 0.0586 e. The molecule has 0 fully saturated rings. The van der Waals surface area contributed by atoms with Crippen molar-refractivity contribution in [2.24, 2.45) is 5.92 Å². The smallest absolute Gasteiger partial charge is 0.0193 e. The van der Waals surface area contributed by atoms with Crippen molar-refractivity contribution in [2.75, 3.05) is 0 Å². The van der Waals surface area contributed by atoms with Crippen molar-refractivity contribution in [3.63, 3.8) is 0 Å².